The lowest BCUT2D eigenvalue weighted by Gasteiger charge is -2.08. The first kappa shape index (κ1) is 9.50. The first-order chi connectivity index (χ1) is 5.95. The Labute approximate surface area is 71.4 Å². The van der Waals surface area contributed by atoms with Gasteiger partial charge < -0.3 is 5.73 Å². The molecule has 0 amide bonds. The lowest BCUT2D eigenvalue weighted by Crippen LogP contribution is -2.12. The third-order valence-corrected chi connectivity index (χ3v) is 1.34. The van der Waals surface area contributed by atoms with E-state index in [0.29, 0.717) is 0 Å². The van der Waals surface area contributed by atoms with Crippen molar-refractivity contribution in [1.29, 1.82) is 0 Å². The Bertz CT molecular complexity index is 335. The van der Waals surface area contributed by atoms with Gasteiger partial charge in [0.25, 0.3) is 0 Å². The van der Waals surface area contributed by atoms with Gasteiger partial charge >= 0.3 is 6.18 Å². The fourth-order valence-corrected chi connectivity index (χ4v) is 0.778. The van der Waals surface area contributed by atoms with E-state index in [-0.39, 0.29) is 12.0 Å². The summed E-state index contributed by atoms with van der Waals surface area (Å²) in [4.78, 5) is 13.2. The van der Waals surface area contributed by atoms with Crippen LogP contribution in [0, 0.1) is 0 Å². The minimum Gasteiger partial charge on any atom is -0.397 e. The van der Waals surface area contributed by atoms with Crippen molar-refractivity contribution < 1.29 is 18.0 Å². The van der Waals surface area contributed by atoms with Gasteiger partial charge in [0, 0.05) is 0 Å². The van der Waals surface area contributed by atoms with Crippen molar-refractivity contribution in [3.63, 3.8) is 0 Å². The van der Waals surface area contributed by atoms with Crippen LogP contribution in [0.1, 0.15) is 16.2 Å². The van der Waals surface area contributed by atoms with E-state index in [1.54, 1.807) is 0 Å². The number of nitrogens with zero attached hydrogens (tertiary/aromatic N) is 1. The SMILES string of the molecule is Nc1ccc(C=O)nc1C(F)(F)F. The molecule has 70 valence electrons. The fraction of sp³-hybridized carbons (Fsp3) is 0.143. The Balaban J connectivity index is 3.27. The molecule has 1 heterocycles. The van der Waals surface area contributed by atoms with Crippen LogP contribution in [-0.2, 0) is 6.18 Å². The average molecular weight is 190 g/mol. The van der Waals surface area contributed by atoms with E-state index in [2.05, 4.69) is 4.98 Å². The van der Waals surface area contributed by atoms with Crippen LogP contribution in [0.2, 0.25) is 0 Å². The monoisotopic (exact) mass is 190 g/mol. The van der Waals surface area contributed by atoms with Gasteiger partial charge in [0.15, 0.2) is 12.0 Å². The topological polar surface area (TPSA) is 56.0 Å². The van der Waals surface area contributed by atoms with Crippen LogP contribution in [0.15, 0.2) is 12.1 Å². The van der Waals surface area contributed by atoms with E-state index in [0.717, 1.165) is 12.1 Å². The molecule has 2 N–H and O–H groups in total. The molecule has 0 radical (unpaired) electrons. The maximum absolute atomic E-state index is 12.1. The van der Waals surface area contributed by atoms with Crippen LogP contribution in [0.25, 0.3) is 0 Å². The highest BCUT2D eigenvalue weighted by Crippen LogP contribution is 2.31. The first-order valence-corrected chi connectivity index (χ1v) is 3.24. The number of anilines is 1. The molecule has 1 aromatic heterocycles. The zero-order valence-corrected chi connectivity index (χ0v) is 6.30. The summed E-state index contributed by atoms with van der Waals surface area (Å²) in [5.74, 6) is 0. The van der Waals surface area contributed by atoms with Gasteiger partial charge in [-0.1, -0.05) is 0 Å². The van der Waals surface area contributed by atoms with E-state index in [9.17, 15) is 18.0 Å². The van der Waals surface area contributed by atoms with Crippen molar-refractivity contribution in [2.45, 2.75) is 6.18 Å². The standard InChI is InChI=1S/C7H5F3N2O/c8-7(9,10)6-5(11)2-1-4(3-13)12-6/h1-3H,11H2. The Morgan fingerprint density at radius 1 is 1.38 bits per heavy atom. The van der Waals surface area contributed by atoms with Crippen LogP contribution < -0.4 is 5.73 Å². The zero-order valence-electron chi connectivity index (χ0n) is 6.30. The Kier molecular flexibility index (Phi) is 2.22. The molecule has 0 saturated heterocycles. The van der Waals surface area contributed by atoms with Crippen LogP contribution >= 0.6 is 0 Å². The van der Waals surface area contributed by atoms with E-state index >= 15 is 0 Å². The molecule has 6 heteroatoms. The highest BCUT2D eigenvalue weighted by molar-refractivity contribution is 5.72. The van der Waals surface area contributed by atoms with E-state index < -0.39 is 17.6 Å². The van der Waals surface area contributed by atoms with Gasteiger partial charge in [-0.05, 0) is 12.1 Å². The number of alkyl halides is 3. The molecule has 0 aliphatic heterocycles. The molecule has 0 unspecified atom stereocenters. The molecule has 0 aliphatic carbocycles. The van der Waals surface area contributed by atoms with Crippen molar-refractivity contribution in [3.05, 3.63) is 23.5 Å². The second-order valence-electron chi connectivity index (χ2n) is 2.29. The summed E-state index contributed by atoms with van der Waals surface area (Å²) in [6, 6.07) is 2.12. The summed E-state index contributed by atoms with van der Waals surface area (Å²) < 4.78 is 36.3. The summed E-state index contributed by atoms with van der Waals surface area (Å²) in [5, 5.41) is 0. The average Bonchev–Trinajstić information content (AvgIpc) is 2.03. The number of carbonyl (C=O) groups excluding carboxylic acids is 1. The van der Waals surface area contributed by atoms with Crippen LogP contribution in [0.4, 0.5) is 18.9 Å². The van der Waals surface area contributed by atoms with Gasteiger partial charge in [0.2, 0.25) is 0 Å². The molecule has 13 heavy (non-hydrogen) atoms. The molecule has 3 nitrogen and oxygen atoms in total. The van der Waals surface area contributed by atoms with Gasteiger partial charge in [0.05, 0.1) is 5.69 Å². The zero-order chi connectivity index (χ0) is 10.1. The number of nitrogen functional groups attached to an aromatic ring is 1. The maximum atomic E-state index is 12.1. The van der Waals surface area contributed by atoms with Gasteiger partial charge in [-0.15, -0.1) is 0 Å². The quantitative estimate of drug-likeness (QED) is 0.682. The molecule has 1 rings (SSSR count). The third kappa shape index (κ3) is 1.95. The molecular weight excluding hydrogens is 185 g/mol. The molecule has 0 fully saturated rings. The number of aromatic nitrogens is 1. The summed E-state index contributed by atoms with van der Waals surface area (Å²) in [6.45, 7) is 0. The molecule has 0 aromatic carbocycles. The number of rotatable bonds is 1. The Hall–Kier alpha value is -1.59. The fourth-order valence-electron chi connectivity index (χ4n) is 0.778. The maximum Gasteiger partial charge on any atom is 0.435 e. The molecule has 1 aromatic rings. The number of nitrogens with two attached hydrogens (primary N) is 1. The molecule has 0 atom stereocenters. The molecular formula is C7H5F3N2O. The summed E-state index contributed by atoms with van der Waals surface area (Å²) in [5.41, 5.74) is 3.03. The second kappa shape index (κ2) is 3.04. The van der Waals surface area contributed by atoms with Crippen molar-refractivity contribution in [3.8, 4) is 0 Å². The number of carbonyl (C=O) groups is 1. The van der Waals surface area contributed by atoms with E-state index in [1.165, 1.54) is 0 Å². The van der Waals surface area contributed by atoms with Crippen LogP contribution in [0.5, 0.6) is 0 Å². The number of pyridine rings is 1. The minimum atomic E-state index is -4.62. The van der Waals surface area contributed by atoms with Gasteiger partial charge in [-0.2, -0.15) is 13.2 Å². The number of aldehydes is 1. The van der Waals surface area contributed by atoms with Crippen LogP contribution in [-0.4, -0.2) is 11.3 Å². The van der Waals surface area contributed by atoms with Crippen molar-refractivity contribution >= 4 is 12.0 Å². The normalized spacial score (nSPS) is 11.3. The molecule has 0 aliphatic rings. The predicted octanol–water partition coefficient (Wildman–Crippen LogP) is 1.50. The number of halogens is 3. The van der Waals surface area contributed by atoms with Crippen molar-refractivity contribution in [1.82, 2.24) is 4.98 Å². The van der Waals surface area contributed by atoms with Gasteiger partial charge in [-0.25, -0.2) is 4.98 Å². The predicted molar refractivity (Wildman–Crippen MR) is 39.0 cm³/mol. The second-order valence-corrected chi connectivity index (χ2v) is 2.29. The van der Waals surface area contributed by atoms with Gasteiger partial charge in [-0.3, -0.25) is 4.79 Å². The number of hydrogen-bond acceptors (Lipinski definition) is 3. The summed E-state index contributed by atoms with van der Waals surface area (Å²) >= 11 is 0. The van der Waals surface area contributed by atoms with Crippen LogP contribution in [0.3, 0.4) is 0 Å². The molecule has 0 spiro atoms. The highest BCUT2D eigenvalue weighted by atomic mass is 19.4. The Morgan fingerprint density at radius 2 is 2.00 bits per heavy atom. The third-order valence-electron chi connectivity index (χ3n) is 1.34. The summed E-state index contributed by atoms with van der Waals surface area (Å²) in [7, 11) is 0. The lowest BCUT2D eigenvalue weighted by atomic mass is 10.2. The molecule has 0 bridgehead atoms. The highest BCUT2D eigenvalue weighted by Gasteiger charge is 2.35. The smallest absolute Gasteiger partial charge is 0.397 e. The largest absolute Gasteiger partial charge is 0.435 e. The lowest BCUT2D eigenvalue weighted by molar-refractivity contribution is -0.140. The summed E-state index contributed by atoms with van der Waals surface area (Å²) in [6.07, 6.45) is -4.39. The Morgan fingerprint density at radius 3 is 2.46 bits per heavy atom. The van der Waals surface area contributed by atoms with E-state index in [1.807, 2.05) is 0 Å². The number of hydrogen-bond donors (Lipinski definition) is 1. The van der Waals surface area contributed by atoms with Crippen molar-refractivity contribution in [2.75, 3.05) is 5.73 Å². The van der Waals surface area contributed by atoms with Gasteiger partial charge in [0.1, 0.15) is 5.69 Å². The minimum absolute atomic E-state index is 0.231. The van der Waals surface area contributed by atoms with Crippen molar-refractivity contribution in [2.24, 2.45) is 0 Å². The van der Waals surface area contributed by atoms with E-state index in [4.69, 9.17) is 5.73 Å². The first-order valence-electron chi connectivity index (χ1n) is 3.24. The molecule has 0 saturated carbocycles.